The molecule has 1 unspecified atom stereocenters. The average molecular weight is 294 g/mol. The summed E-state index contributed by atoms with van der Waals surface area (Å²) < 4.78 is 5.01. The molecule has 21 heavy (non-hydrogen) atoms. The molecule has 0 bridgehead atoms. The fourth-order valence-electron chi connectivity index (χ4n) is 1.66. The Balaban J connectivity index is 2.80. The Hall–Kier alpha value is -2.08. The largest absolute Gasteiger partial charge is 0.496 e. The number of benzene rings is 1. The number of methoxy groups -OCH3 is 1. The highest BCUT2D eigenvalue weighted by Gasteiger charge is 2.23. The van der Waals surface area contributed by atoms with Crippen LogP contribution in [0, 0.1) is 5.41 Å². The lowest BCUT2D eigenvalue weighted by Crippen LogP contribution is -2.38. The molecule has 0 aliphatic carbocycles. The highest BCUT2D eigenvalue weighted by Crippen LogP contribution is 2.24. The first-order valence-electron chi connectivity index (χ1n) is 6.62. The zero-order chi connectivity index (χ0) is 16.2. The minimum Gasteiger partial charge on any atom is -0.496 e. The normalized spacial score (nSPS) is 12.6. The standard InChI is InChI=1S/C15H22N2O4/c1-15(2,3)12(16)8-13(18)17-9-5-6-10(14(19)20)11(7-9)21-4/h5-7,12H,8,16H2,1-4H3,(H,17,18)(H,19,20). The molecular formula is C15H22N2O4. The van der Waals surface area contributed by atoms with E-state index in [2.05, 4.69) is 5.32 Å². The highest BCUT2D eigenvalue weighted by molar-refractivity contribution is 5.94. The Kier molecular flexibility index (Phi) is 5.32. The summed E-state index contributed by atoms with van der Waals surface area (Å²) >= 11 is 0. The number of hydrogen-bond donors (Lipinski definition) is 3. The molecule has 0 spiro atoms. The first kappa shape index (κ1) is 17.0. The molecule has 6 nitrogen and oxygen atoms in total. The number of carbonyl (C=O) groups is 2. The van der Waals surface area contributed by atoms with Gasteiger partial charge >= 0.3 is 5.97 Å². The van der Waals surface area contributed by atoms with Crippen molar-refractivity contribution < 1.29 is 19.4 Å². The maximum Gasteiger partial charge on any atom is 0.339 e. The van der Waals surface area contributed by atoms with Gasteiger partial charge in [-0.2, -0.15) is 0 Å². The molecule has 6 heteroatoms. The topological polar surface area (TPSA) is 102 Å². The molecule has 0 saturated carbocycles. The number of nitrogens with one attached hydrogen (secondary N) is 1. The van der Waals surface area contributed by atoms with Crippen LogP contribution in [-0.2, 0) is 4.79 Å². The van der Waals surface area contributed by atoms with Gasteiger partial charge < -0.3 is 20.9 Å². The molecule has 0 radical (unpaired) electrons. The van der Waals surface area contributed by atoms with Crippen molar-refractivity contribution in [3.8, 4) is 5.75 Å². The number of nitrogens with two attached hydrogens (primary N) is 1. The molecular weight excluding hydrogens is 272 g/mol. The zero-order valence-corrected chi connectivity index (χ0v) is 12.8. The first-order chi connectivity index (χ1) is 9.65. The summed E-state index contributed by atoms with van der Waals surface area (Å²) in [5, 5.41) is 11.7. The molecule has 0 aliphatic rings. The smallest absolute Gasteiger partial charge is 0.339 e. The number of carboxylic acid groups (broad SMARTS) is 1. The number of anilines is 1. The fraction of sp³-hybridized carbons (Fsp3) is 0.467. The number of aromatic carboxylic acids is 1. The summed E-state index contributed by atoms with van der Waals surface area (Å²) in [5.41, 5.74) is 6.32. The van der Waals surface area contributed by atoms with Crippen LogP contribution >= 0.6 is 0 Å². The Labute approximate surface area is 124 Å². The molecule has 1 atom stereocenters. The molecule has 1 aromatic carbocycles. The van der Waals surface area contributed by atoms with E-state index >= 15 is 0 Å². The number of ether oxygens (including phenoxy) is 1. The van der Waals surface area contributed by atoms with Crippen molar-refractivity contribution in [3.05, 3.63) is 23.8 Å². The van der Waals surface area contributed by atoms with Crippen molar-refractivity contribution in [1.29, 1.82) is 0 Å². The molecule has 1 amide bonds. The lowest BCUT2D eigenvalue weighted by molar-refractivity contribution is -0.117. The lowest BCUT2D eigenvalue weighted by atomic mass is 9.85. The van der Waals surface area contributed by atoms with Gasteiger partial charge in [-0.15, -0.1) is 0 Å². The van der Waals surface area contributed by atoms with E-state index in [9.17, 15) is 9.59 Å². The molecule has 0 fully saturated rings. The molecule has 0 aliphatic heterocycles. The number of carbonyl (C=O) groups excluding carboxylic acids is 1. The minimum atomic E-state index is -1.08. The first-order valence-corrected chi connectivity index (χ1v) is 6.62. The molecule has 1 rings (SSSR count). The predicted octanol–water partition coefficient (Wildman–Crippen LogP) is 2.10. The van der Waals surface area contributed by atoms with Crippen molar-refractivity contribution in [1.82, 2.24) is 0 Å². The van der Waals surface area contributed by atoms with E-state index in [1.807, 2.05) is 20.8 Å². The van der Waals surface area contributed by atoms with Crippen LogP contribution < -0.4 is 15.8 Å². The van der Waals surface area contributed by atoms with E-state index < -0.39 is 5.97 Å². The van der Waals surface area contributed by atoms with Crippen molar-refractivity contribution in [2.75, 3.05) is 12.4 Å². The van der Waals surface area contributed by atoms with Crippen LogP contribution in [0.2, 0.25) is 0 Å². The molecule has 0 aromatic heterocycles. The Morgan fingerprint density at radius 2 is 2.00 bits per heavy atom. The van der Waals surface area contributed by atoms with Crippen LogP contribution in [0.3, 0.4) is 0 Å². The van der Waals surface area contributed by atoms with Gasteiger partial charge in [-0.3, -0.25) is 4.79 Å². The summed E-state index contributed by atoms with van der Waals surface area (Å²) in [5.74, 6) is -1.11. The SMILES string of the molecule is COc1cc(NC(=O)CC(N)C(C)(C)C)ccc1C(=O)O. The van der Waals surface area contributed by atoms with E-state index in [1.165, 1.54) is 25.3 Å². The molecule has 1 aromatic rings. The zero-order valence-electron chi connectivity index (χ0n) is 12.8. The van der Waals surface area contributed by atoms with Gasteiger partial charge in [0.2, 0.25) is 5.91 Å². The summed E-state index contributed by atoms with van der Waals surface area (Å²) in [6.07, 6.45) is 0.187. The Bertz CT molecular complexity index is 535. The van der Waals surface area contributed by atoms with E-state index in [4.69, 9.17) is 15.6 Å². The lowest BCUT2D eigenvalue weighted by Gasteiger charge is -2.26. The summed E-state index contributed by atoms with van der Waals surface area (Å²) in [6, 6.07) is 4.12. The van der Waals surface area contributed by atoms with Gasteiger partial charge in [0.15, 0.2) is 0 Å². The van der Waals surface area contributed by atoms with Crippen LogP contribution in [0.25, 0.3) is 0 Å². The highest BCUT2D eigenvalue weighted by atomic mass is 16.5. The van der Waals surface area contributed by atoms with Crippen LogP contribution in [0.1, 0.15) is 37.6 Å². The van der Waals surface area contributed by atoms with Crippen molar-refractivity contribution >= 4 is 17.6 Å². The van der Waals surface area contributed by atoms with E-state index in [0.29, 0.717) is 5.69 Å². The third kappa shape index (κ3) is 4.75. The van der Waals surface area contributed by atoms with Crippen molar-refractivity contribution in [3.63, 3.8) is 0 Å². The third-order valence-corrected chi connectivity index (χ3v) is 3.23. The van der Waals surface area contributed by atoms with Crippen molar-refractivity contribution in [2.45, 2.75) is 33.2 Å². The number of hydrogen-bond acceptors (Lipinski definition) is 4. The maximum absolute atomic E-state index is 11.9. The van der Waals surface area contributed by atoms with Gasteiger partial charge in [-0.05, 0) is 17.5 Å². The van der Waals surface area contributed by atoms with E-state index in [1.54, 1.807) is 0 Å². The van der Waals surface area contributed by atoms with Gasteiger partial charge in [0.1, 0.15) is 11.3 Å². The summed E-state index contributed by atoms with van der Waals surface area (Å²) in [7, 11) is 1.38. The van der Waals surface area contributed by atoms with Crippen molar-refractivity contribution in [2.24, 2.45) is 11.1 Å². The van der Waals surface area contributed by atoms with Crippen LogP contribution in [0.4, 0.5) is 5.69 Å². The minimum absolute atomic E-state index is 0.0434. The van der Waals surface area contributed by atoms with Crippen LogP contribution in [0.5, 0.6) is 5.75 Å². The number of rotatable bonds is 5. The van der Waals surface area contributed by atoms with E-state index in [0.717, 1.165) is 0 Å². The van der Waals surface area contributed by atoms with Gasteiger partial charge in [-0.1, -0.05) is 20.8 Å². The molecule has 116 valence electrons. The van der Waals surface area contributed by atoms with Gasteiger partial charge in [0.25, 0.3) is 0 Å². The molecule has 4 N–H and O–H groups in total. The molecule has 0 saturated heterocycles. The van der Waals surface area contributed by atoms with Gasteiger partial charge in [0, 0.05) is 24.2 Å². The summed E-state index contributed by atoms with van der Waals surface area (Å²) in [4.78, 5) is 22.9. The monoisotopic (exact) mass is 294 g/mol. The number of amides is 1. The number of carboxylic acids is 1. The van der Waals surface area contributed by atoms with Crippen LogP contribution in [0.15, 0.2) is 18.2 Å². The second-order valence-electron chi connectivity index (χ2n) is 5.95. The van der Waals surface area contributed by atoms with Gasteiger partial charge in [-0.25, -0.2) is 4.79 Å². The Morgan fingerprint density at radius 3 is 2.48 bits per heavy atom. The molecule has 0 heterocycles. The predicted molar refractivity (Wildman–Crippen MR) is 80.6 cm³/mol. The van der Waals surface area contributed by atoms with Crippen LogP contribution in [-0.4, -0.2) is 30.1 Å². The quantitative estimate of drug-likeness (QED) is 0.772. The van der Waals surface area contributed by atoms with Gasteiger partial charge in [0.05, 0.1) is 7.11 Å². The second-order valence-corrected chi connectivity index (χ2v) is 5.95. The summed E-state index contributed by atoms with van der Waals surface area (Å²) in [6.45, 7) is 5.90. The third-order valence-electron chi connectivity index (χ3n) is 3.23. The van der Waals surface area contributed by atoms with E-state index in [-0.39, 0.29) is 35.1 Å². The average Bonchev–Trinajstić information content (AvgIpc) is 2.36. The fourth-order valence-corrected chi connectivity index (χ4v) is 1.66. The Morgan fingerprint density at radius 1 is 1.38 bits per heavy atom. The second kappa shape index (κ2) is 6.58. The maximum atomic E-state index is 11.9.